The molecule has 0 unspecified atom stereocenters. The molecule has 0 bridgehead atoms. The zero-order valence-electron chi connectivity index (χ0n) is 10.8. The van der Waals surface area contributed by atoms with Gasteiger partial charge in [0.05, 0.1) is 16.0 Å². The highest BCUT2D eigenvalue weighted by atomic mass is 79.9. The molecular weight excluding hydrogens is 406 g/mol. The van der Waals surface area contributed by atoms with Crippen LogP contribution in [0.4, 0.5) is 5.69 Å². The maximum Gasteiger partial charge on any atom is 0.269 e. The van der Waals surface area contributed by atoms with Crippen LogP contribution in [0.25, 0.3) is 0 Å². The van der Waals surface area contributed by atoms with Crippen molar-refractivity contribution in [2.45, 2.75) is 13.2 Å². The summed E-state index contributed by atoms with van der Waals surface area (Å²) in [7, 11) is 0. The van der Waals surface area contributed by atoms with Crippen molar-refractivity contribution in [3.8, 4) is 5.75 Å². The van der Waals surface area contributed by atoms with Gasteiger partial charge in [0, 0.05) is 22.2 Å². The highest BCUT2D eigenvalue weighted by Gasteiger charge is 2.10. The molecule has 21 heavy (non-hydrogen) atoms. The smallest absolute Gasteiger partial charge is 0.269 e. The highest BCUT2D eigenvalue weighted by molar-refractivity contribution is 9.11. The Hall–Kier alpha value is -1.44. The molecular formula is C14H11Br2NO4. The molecule has 0 saturated carbocycles. The van der Waals surface area contributed by atoms with Crippen molar-refractivity contribution in [3.05, 3.63) is 66.6 Å². The molecule has 0 saturated heterocycles. The van der Waals surface area contributed by atoms with E-state index in [1.807, 2.05) is 6.07 Å². The van der Waals surface area contributed by atoms with E-state index < -0.39 is 4.92 Å². The lowest BCUT2D eigenvalue weighted by Gasteiger charge is -2.13. The fraction of sp³-hybridized carbons (Fsp3) is 0.143. The topological polar surface area (TPSA) is 72.6 Å². The van der Waals surface area contributed by atoms with Crippen molar-refractivity contribution in [1.29, 1.82) is 0 Å². The summed E-state index contributed by atoms with van der Waals surface area (Å²) in [6, 6.07) is 9.75. The Morgan fingerprint density at radius 1 is 1.19 bits per heavy atom. The Labute approximate surface area is 138 Å². The predicted octanol–water partition coefficient (Wildman–Crippen LogP) is 4.19. The van der Waals surface area contributed by atoms with Crippen LogP contribution < -0.4 is 4.74 Å². The number of hydrogen-bond donors (Lipinski definition) is 1. The van der Waals surface area contributed by atoms with E-state index >= 15 is 0 Å². The first kappa shape index (κ1) is 15.9. The summed E-state index contributed by atoms with van der Waals surface area (Å²) in [5.74, 6) is 0.555. The van der Waals surface area contributed by atoms with Crippen LogP contribution in [0.3, 0.4) is 0 Å². The maximum atomic E-state index is 10.6. The Balaban J connectivity index is 2.14. The Bertz CT molecular complexity index is 659. The van der Waals surface area contributed by atoms with Gasteiger partial charge in [-0.2, -0.15) is 0 Å². The number of rotatable bonds is 5. The molecule has 0 atom stereocenters. The van der Waals surface area contributed by atoms with Gasteiger partial charge in [0.25, 0.3) is 5.69 Å². The Morgan fingerprint density at radius 3 is 2.43 bits per heavy atom. The quantitative estimate of drug-likeness (QED) is 0.585. The van der Waals surface area contributed by atoms with Crippen molar-refractivity contribution in [3.63, 3.8) is 0 Å². The number of halogens is 2. The molecule has 7 heteroatoms. The first-order chi connectivity index (χ1) is 10.0. The minimum atomic E-state index is -0.445. The number of ether oxygens (including phenoxy) is 1. The fourth-order valence-corrected chi connectivity index (χ4v) is 3.19. The molecule has 0 aliphatic rings. The molecule has 110 valence electrons. The average Bonchev–Trinajstić information content (AvgIpc) is 2.46. The monoisotopic (exact) mass is 415 g/mol. The predicted molar refractivity (Wildman–Crippen MR) is 85.2 cm³/mol. The van der Waals surface area contributed by atoms with Crippen LogP contribution in [0.2, 0.25) is 0 Å². The minimum Gasteiger partial charge on any atom is -0.487 e. The number of benzene rings is 2. The van der Waals surface area contributed by atoms with Crippen LogP contribution in [-0.2, 0) is 13.2 Å². The lowest BCUT2D eigenvalue weighted by molar-refractivity contribution is -0.384. The van der Waals surface area contributed by atoms with Crippen LogP contribution in [0.15, 0.2) is 45.3 Å². The van der Waals surface area contributed by atoms with Crippen molar-refractivity contribution in [1.82, 2.24) is 0 Å². The van der Waals surface area contributed by atoms with Gasteiger partial charge in [0.2, 0.25) is 0 Å². The molecule has 0 heterocycles. The number of hydrogen-bond acceptors (Lipinski definition) is 4. The standard InChI is InChI=1S/C14H11Br2NO4/c15-11-5-10(7-18)14(13(16)6-11)21-8-9-1-3-12(4-2-9)17(19)20/h1-6,18H,7-8H2. The van der Waals surface area contributed by atoms with E-state index in [-0.39, 0.29) is 18.9 Å². The third-order valence-electron chi connectivity index (χ3n) is 2.79. The van der Waals surface area contributed by atoms with Crippen LogP contribution in [0.5, 0.6) is 5.75 Å². The third-order valence-corrected chi connectivity index (χ3v) is 3.83. The average molecular weight is 417 g/mol. The SMILES string of the molecule is O=[N+]([O-])c1ccc(COc2c(Br)cc(Br)cc2CO)cc1. The van der Waals surface area contributed by atoms with Crippen LogP contribution >= 0.6 is 31.9 Å². The van der Waals surface area contributed by atoms with Crippen LogP contribution in [0, 0.1) is 10.1 Å². The van der Waals surface area contributed by atoms with Gasteiger partial charge in [0.1, 0.15) is 12.4 Å². The molecule has 0 fully saturated rings. The van der Waals surface area contributed by atoms with Gasteiger partial charge in [-0.25, -0.2) is 0 Å². The summed E-state index contributed by atoms with van der Waals surface area (Å²) in [6.07, 6.45) is 0. The highest BCUT2D eigenvalue weighted by Crippen LogP contribution is 2.33. The molecule has 0 radical (unpaired) electrons. The first-order valence-electron chi connectivity index (χ1n) is 5.96. The number of aliphatic hydroxyl groups is 1. The lowest BCUT2D eigenvalue weighted by Crippen LogP contribution is -2.00. The van der Waals surface area contributed by atoms with Crippen LogP contribution in [0.1, 0.15) is 11.1 Å². The lowest BCUT2D eigenvalue weighted by atomic mass is 10.2. The van der Waals surface area contributed by atoms with E-state index in [4.69, 9.17) is 4.74 Å². The van der Waals surface area contributed by atoms with Gasteiger partial charge in [-0.15, -0.1) is 0 Å². The molecule has 2 rings (SSSR count). The number of non-ortho nitro benzene ring substituents is 1. The van der Waals surface area contributed by atoms with E-state index in [0.717, 1.165) is 14.5 Å². The Kier molecular flexibility index (Phi) is 5.33. The summed E-state index contributed by atoms with van der Waals surface area (Å²) in [6.45, 7) is 0.110. The van der Waals surface area contributed by atoms with Gasteiger partial charge < -0.3 is 9.84 Å². The van der Waals surface area contributed by atoms with Gasteiger partial charge in [-0.05, 0) is 45.8 Å². The number of nitro benzene ring substituents is 1. The molecule has 0 amide bonds. The summed E-state index contributed by atoms with van der Waals surface area (Å²) in [4.78, 5) is 10.1. The molecule has 0 aliphatic heterocycles. The third kappa shape index (κ3) is 4.03. The zero-order chi connectivity index (χ0) is 15.4. The van der Waals surface area contributed by atoms with E-state index in [1.54, 1.807) is 18.2 Å². The van der Waals surface area contributed by atoms with Crippen molar-refractivity contribution in [2.24, 2.45) is 0 Å². The van der Waals surface area contributed by atoms with E-state index in [0.29, 0.717) is 11.3 Å². The molecule has 0 spiro atoms. The second-order valence-corrected chi connectivity index (χ2v) is 6.02. The van der Waals surface area contributed by atoms with Gasteiger partial charge in [0.15, 0.2) is 0 Å². The number of nitro groups is 1. The number of aliphatic hydroxyl groups excluding tert-OH is 1. The second kappa shape index (κ2) is 7.02. The zero-order valence-corrected chi connectivity index (χ0v) is 13.9. The summed E-state index contributed by atoms with van der Waals surface area (Å²) in [5, 5.41) is 20.0. The molecule has 0 aromatic heterocycles. The van der Waals surface area contributed by atoms with Crippen molar-refractivity contribution < 1.29 is 14.8 Å². The molecule has 0 aliphatic carbocycles. The van der Waals surface area contributed by atoms with E-state index in [2.05, 4.69) is 31.9 Å². The molecule has 2 aromatic rings. The van der Waals surface area contributed by atoms with E-state index in [1.165, 1.54) is 12.1 Å². The van der Waals surface area contributed by atoms with Crippen molar-refractivity contribution >= 4 is 37.5 Å². The number of nitrogens with zero attached hydrogens (tertiary/aromatic N) is 1. The largest absolute Gasteiger partial charge is 0.487 e. The molecule has 5 nitrogen and oxygen atoms in total. The van der Waals surface area contributed by atoms with E-state index in [9.17, 15) is 15.2 Å². The molecule has 2 aromatic carbocycles. The van der Waals surface area contributed by atoms with Gasteiger partial charge in [-0.1, -0.05) is 15.9 Å². The summed E-state index contributed by atoms with van der Waals surface area (Å²) < 4.78 is 7.26. The summed E-state index contributed by atoms with van der Waals surface area (Å²) >= 11 is 6.73. The Morgan fingerprint density at radius 2 is 1.86 bits per heavy atom. The molecule has 1 N–H and O–H groups in total. The fourth-order valence-electron chi connectivity index (χ4n) is 1.76. The van der Waals surface area contributed by atoms with Gasteiger partial charge >= 0.3 is 0 Å². The van der Waals surface area contributed by atoms with Gasteiger partial charge in [-0.3, -0.25) is 10.1 Å². The maximum absolute atomic E-state index is 10.6. The first-order valence-corrected chi connectivity index (χ1v) is 7.54. The van der Waals surface area contributed by atoms with Crippen molar-refractivity contribution in [2.75, 3.05) is 0 Å². The summed E-state index contributed by atoms with van der Waals surface area (Å²) in [5.41, 5.74) is 1.50. The minimum absolute atomic E-state index is 0.0413. The second-order valence-electron chi connectivity index (χ2n) is 4.25. The normalized spacial score (nSPS) is 10.4. The van der Waals surface area contributed by atoms with Crippen LogP contribution in [-0.4, -0.2) is 10.0 Å².